The van der Waals surface area contributed by atoms with Gasteiger partial charge in [0, 0.05) is 18.2 Å². The molecule has 0 saturated heterocycles. The number of carbonyl (C=O) groups is 3. The lowest BCUT2D eigenvalue weighted by Gasteiger charge is -2.40. The molecule has 4 atom stereocenters. The van der Waals surface area contributed by atoms with Gasteiger partial charge in [0.2, 0.25) is 11.8 Å². The van der Waals surface area contributed by atoms with E-state index in [0.29, 0.717) is 36.4 Å². The zero-order valence-electron chi connectivity index (χ0n) is 25.6. The molecule has 0 aliphatic rings. The number of hydrogen-bond donors (Lipinski definition) is 2. The Morgan fingerprint density at radius 2 is 1.64 bits per heavy atom. The molecule has 1 aromatic carbocycles. The summed E-state index contributed by atoms with van der Waals surface area (Å²) in [4.78, 5) is 42.7. The Kier molecular flexibility index (Phi) is 14.1. The first-order chi connectivity index (χ1) is 18.2. The maximum absolute atomic E-state index is 14.4. The van der Waals surface area contributed by atoms with Gasteiger partial charge in [0.1, 0.15) is 17.7 Å². The summed E-state index contributed by atoms with van der Waals surface area (Å²) in [6, 6.07) is 5.20. The molecule has 0 saturated carbocycles. The number of alkyl carbamates (subject to hydrolysis) is 1. The second-order valence-corrected chi connectivity index (χ2v) is 11.9. The summed E-state index contributed by atoms with van der Waals surface area (Å²) in [6.45, 7) is 18.1. The molecule has 0 bridgehead atoms. The smallest absolute Gasteiger partial charge is 0.408 e. The van der Waals surface area contributed by atoms with Gasteiger partial charge in [0.25, 0.3) is 0 Å². The van der Waals surface area contributed by atoms with Gasteiger partial charge < -0.3 is 20.3 Å². The van der Waals surface area contributed by atoms with E-state index in [0.717, 1.165) is 19.3 Å². The molecular formula is C32H51N3O4. The van der Waals surface area contributed by atoms with E-state index in [1.165, 1.54) is 0 Å². The number of nitrogens with zero attached hydrogens (tertiary/aromatic N) is 1. The van der Waals surface area contributed by atoms with E-state index in [1.807, 2.05) is 32.9 Å². The topological polar surface area (TPSA) is 87.7 Å². The van der Waals surface area contributed by atoms with Gasteiger partial charge in [-0.05, 0) is 76.5 Å². The van der Waals surface area contributed by atoms with Crippen LogP contribution in [-0.4, -0.2) is 47.0 Å². The van der Waals surface area contributed by atoms with Gasteiger partial charge >= 0.3 is 6.09 Å². The molecule has 1 aromatic rings. The third-order valence-electron chi connectivity index (χ3n) is 6.79. The summed E-state index contributed by atoms with van der Waals surface area (Å²) >= 11 is 0. The van der Waals surface area contributed by atoms with Crippen LogP contribution in [0.2, 0.25) is 0 Å². The monoisotopic (exact) mass is 541 g/mol. The van der Waals surface area contributed by atoms with Crippen molar-refractivity contribution in [1.82, 2.24) is 15.5 Å². The highest BCUT2D eigenvalue weighted by Gasteiger charge is 2.40. The number of carbonyl (C=O) groups excluding carboxylic acids is 3. The Labute approximate surface area is 236 Å². The first-order valence-electron chi connectivity index (χ1n) is 14.4. The number of ether oxygens (including phenoxy) is 1. The maximum atomic E-state index is 14.4. The Balaban J connectivity index is 3.63. The van der Waals surface area contributed by atoms with Crippen LogP contribution in [0.5, 0.6) is 0 Å². The number of unbranched alkanes of at least 4 members (excludes halogenated alkanes) is 1. The van der Waals surface area contributed by atoms with Gasteiger partial charge in [-0.2, -0.15) is 0 Å². The molecule has 0 aliphatic heterocycles. The van der Waals surface area contributed by atoms with Crippen molar-refractivity contribution < 1.29 is 19.1 Å². The van der Waals surface area contributed by atoms with Crippen molar-refractivity contribution in [3.63, 3.8) is 0 Å². The van der Waals surface area contributed by atoms with E-state index < -0.39 is 23.8 Å². The standard InChI is InChI=1S/C32H51N3O4/c1-11-14-21-33-29(36)28(26-19-17-25(13-3)18-20-26)35(24(7)16-15-22(4)5)30(37)27(23(6)12-2)34-31(38)39-32(8,9)10/h3,17-20,22-24,27-28H,11-12,14-16,21H2,1-2,4-10H3,(H,33,36)(H,34,38). The van der Waals surface area contributed by atoms with Crippen LogP contribution < -0.4 is 10.6 Å². The summed E-state index contributed by atoms with van der Waals surface area (Å²) in [6.07, 6.45) is 8.95. The van der Waals surface area contributed by atoms with Crippen molar-refractivity contribution in [3.05, 3.63) is 35.4 Å². The quantitative estimate of drug-likeness (QED) is 0.216. The molecule has 1 rings (SSSR count). The van der Waals surface area contributed by atoms with Crippen LogP contribution in [0.25, 0.3) is 0 Å². The number of terminal acetylenes is 1. The van der Waals surface area contributed by atoms with Crippen molar-refractivity contribution in [1.29, 1.82) is 0 Å². The molecule has 0 aliphatic carbocycles. The third-order valence-corrected chi connectivity index (χ3v) is 6.79. The Morgan fingerprint density at radius 1 is 1.03 bits per heavy atom. The second-order valence-electron chi connectivity index (χ2n) is 11.9. The van der Waals surface area contributed by atoms with Gasteiger partial charge in [-0.3, -0.25) is 9.59 Å². The lowest BCUT2D eigenvalue weighted by Crippen LogP contribution is -2.57. The molecule has 0 spiro atoms. The Morgan fingerprint density at radius 3 is 2.13 bits per heavy atom. The average Bonchev–Trinajstić information content (AvgIpc) is 2.87. The molecule has 4 unspecified atom stereocenters. The number of amides is 3. The Hall–Kier alpha value is -3.01. The van der Waals surface area contributed by atoms with Crippen molar-refractivity contribution in [2.75, 3.05) is 6.54 Å². The minimum Gasteiger partial charge on any atom is -0.444 e. The summed E-state index contributed by atoms with van der Waals surface area (Å²) < 4.78 is 5.50. The van der Waals surface area contributed by atoms with Crippen molar-refractivity contribution in [3.8, 4) is 12.3 Å². The fourth-order valence-electron chi connectivity index (χ4n) is 4.28. The molecule has 39 heavy (non-hydrogen) atoms. The van der Waals surface area contributed by atoms with Crippen LogP contribution >= 0.6 is 0 Å². The van der Waals surface area contributed by atoms with Gasteiger partial charge in [-0.15, -0.1) is 6.42 Å². The molecule has 0 heterocycles. The maximum Gasteiger partial charge on any atom is 0.408 e. The lowest BCUT2D eigenvalue weighted by atomic mass is 9.93. The molecule has 7 nitrogen and oxygen atoms in total. The van der Waals surface area contributed by atoms with E-state index in [4.69, 9.17) is 11.2 Å². The van der Waals surface area contributed by atoms with E-state index >= 15 is 0 Å². The van der Waals surface area contributed by atoms with E-state index in [9.17, 15) is 14.4 Å². The van der Waals surface area contributed by atoms with Gasteiger partial charge in [0.05, 0.1) is 0 Å². The summed E-state index contributed by atoms with van der Waals surface area (Å²) in [5.41, 5.74) is 0.657. The van der Waals surface area contributed by atoms with E-state index in [1.54, 1.807) is 37.8 Å². The highest BCUT2D eigenvalue weighted by Crippen LogP contribution is 2.29. The van der Waals surface area contributed by atoms with Crippen LogP contribution in [0, 0.1) is 24.2 Å². The highest BCUT2D eigenvalue weighted by molar-refractivity contribution is 5.92. The first-order valence-corrected chi connectivity index (χ1v) is 14.4. The van der Waals surface area contributed by atoms with Gasteiger partial charge in [-0.1, -0.05) is 65.5 Å². The molecule has 218 valence electrons. The second kappa shape index (κ2) is 16.2. The third kappa shape index (κ3) is 11.3. The van der Waals surface area contributed by atoms with Gasteiger partial charge in [-0.25, -0.2) is 4.79 Å². The number of nitrogens with one attached hydrogen (secondary N) is 2. The predicted molar refractivity (Wildman–Crippen MR) is 158 cm³/mol. The average molecular weight is 542 g/mol. The largest absolute Gasteiger partial charge is 0.444 e. The molecule has 3 amide bonds. The highest BCUT2D eigenvalue weighted by atomic mass is 16.6. The molecule has 0 fully saturated rings. The normalized spacial score (nSPS) is 14.5. The van der Waals surface area contributed by atoms with E-state index in [2.05, 4.69) is 37.3 Å². The molecule has 2 N–H and O–H groups in total. The van der Waals surface area contributed by atoms with Gasteiger partial charge in [0.15, 0.2) is 0 Å². The minimum atomic E-state index is -0.879. The number of hydrogen-bond acceptors (Lipinski definition) is 4. The zero-order chi connectivity index (χ0) is 29.8. The van der Waals surface area contributed by atoms with Crippen molar-refractivity contribution >= 4 is 17.9 Å². The molecule has 7 heteroatoms. The fourth-order valence-corrected chi connectivity index (χ4v) is 4.28. The number of rotatable bonds is 14. The first kappa shape index (κ1) is 34.0. The summed E-state index contributed by atoms with van der Waals surface area (Å²) in [5.74, 6) is 2.31. The predicted octanol–water partition coefficient (Wildman–Crippen LogP) is 6.22. The van der Waals surface area contributed by atoms with Crippen molar-refractivity contribution in [2.45, 2.75) is 118 Å². The zero-order valence-corrected chi connectivity index (χ0v) is 25.6. The molecule has 0 aromatic heterocycles. The van der Waals surface area contributed by atoms with E-state index in [-0.39, 0.29) is 23.8 Å². The van der Waals surface area contributed by atoms with Crippen LogP contribution in [-0.2, 0) is 14.3 Å². The SMILES string of the molecule is C#Cc1ccc(C(C(=O)NCCCC)N(C(=O)C(NC(=O)OC(C)(C)C)C(C)CC)C(C)CCC(C)C)cc1. The number of benzene rings is 1. The summed E-state index contributed by atoms with van der Waals surface area (Å²) in [7, 11) is 0. The van der Waals surface area contributed by atoms with Crippen LogP contribution in [0.1, 0.15) is 112 Å². The lowest BCUT2D eigenvalue weighted by molar-refractivity contribution is -0.146. The minimum absolute atomic E-state index is 0.183. The Bertz CT molecular complexity index is 959. The van der Waals surface area contributed by atoms with Crippen LogP contribution in [0.15, 0.2) is 24.3 Å². The molecule has 0 radical (unpaired) electrons. The van der Waals surface area contributed by atoms with Crippen molar-refractivity contribution in [2.24, 2.45) is 11.8 Å². The van der Waals surface area contributed by atoms with Crippen LogP contribution in [0.3, 0.4) is 0 Å². The summed E-state index contributed by atoms with van der Waals surface area (Å²) in [5, 5.41) is 5.86. The molecular weight excluding hydrogens is 490 g/mol. The van der Waals surface area contributed by atoms with Crippen LogP contribution in [0.4, 0.5) is 4.79 Å². The fraction of sp³-hybridized carbons (Fsp3) is 0.656.